The normalized spacial score (nSPS) is 10.9. The molecule has 0 atom stereocenters. The van der Waals surface area contributed by atoms with Gasteiger partial charge in [-0.1, -0.05) is 33.6 Å². The fourth-order valence-electron chi connectivity index (χ4n) is 1.47. The number of hydrogen-bond donors (Lipinski definition) is 0. The Morgan fingerprint density at radius 3 is 2.44 bits per heavy atom. The van der Waals surface area contributed by atoms with Crippen LogP contribution in [0, 0.1) is 0 Å². The van der Waals surface area contributed by atoms with Crippen LogP contribution in [0.25, 0.3) is 0 Å². The number of hydrogen-bond acceptors (Lipinski definition) is 3. The topological polar surface area (TPSA) is 35.5 Å². The van der Waals surface area contributed by atoms with Crippen LogP contribution < -0.4 is 0 Å². The number of rotatable bonds is 7. The molecule has 100 valence electrons. The number of Topliss-reactive ketones (excluding diaryl/α,β-unsaturated/α-hetero) is 1. The Bertz CT molecular complexity index is 403. The van der Waals surface area contributed by atoms with E-state index in [0.29, 0.717) is 18.2 Å². The molecule has 0 saturated carbocycles. The molecule has 3 nitrogen and oxygen atoms in total. The Labute approximate surface area is 121 Å². The lowest BCUT2D eigenvalue weighted by atomic mass is 10.1. The molecule has 1 aromatic carbocycles. The first-order chi connectivity index (χ1) is 8.58. The molecule has 18 heavy (non-hydrogen) atoms. The molecule has 0 aliphatic carbocycles. The van der Waals surface area contributed by atoms with Crippen LogP contribution in [0.4, 0.5) is 0 Å². The zero-order chi connectivity index (χ0) is 13.5. The standard InChI is InChI=1S/C13H16BrClO3/c1-3-17-13(18-4-2)12(16)7-9-5-6-10(14)8-11(9)15/h5-6,8,13H,3-4,7H2,1-2H3. The lowest BCUT2D eigenvalue weighted by Gasteiger charge is -2.15. The molecule has 0 saturated heterocycles. The largest absolute Gasteiger partial charge is 0.346 e. The Kier molecular flexibility index (Phi) is 6.86. The minimum Gasteiger partial charge on any atom is -0.346 e. The van der Waals surface area contributed by atoms with Gasteiger partial charge in [-0.3, -0.25) is 4.79 Å². The highest BCUT2D eigenvalue weighted by atomic mass is 79.9. The van der Waals surface area contributed by atoms with E-state index in [-0.39, 0.29) is 12.2 Å². The number of ketones is 1. The average Bonchev–Trinajstić information content (AvgIpc) is 2.32. The second-order valence-electron chi connectivity index (χ2n) is 3.62. The van der Waals surface area contributed by atoms with Gasteiger partial charge in [0.2, 0.25) is 6.29 Å². The van der Waals surface area contributed by atoms with E-state index in [4.69, 9.17) is 21.1 Å². The van der Waals surface area contributed by atoms with Gasteiger partial charge in [-0.05, 0) is 31.5 Å². The van der Waals surface area contributed by atoms with Crippen molar-refractivity contribution in [2.24, 2.45) is 0 Å². The minimum absolute atomic E-state index is 0.122. The van der Waals surface area contributed by atoms with Crippen molar-refractivity contribution in [1.29, 1.82) is 0 Å². The summed E-state index contributed by atoms with van der Waals surface area (Å²) in [7, 11) is 0. The van der Waals surface area contributed by atoms with Crippen molar-refractivity contribution in [3.05, 3.63) is 33.3 Å². The lowest BCUT2D eigenvalue weighted by Crippen LogP contribution is -2.29. The number of benzene rings is 1. The Morgan fingerprint density at radius 2 is 1.94 bits per heavy atom. The van der Waals surface area contributed by atoms with Crippen molar-refractivity contribution < 1.29 is 14.3 Å². The third-order valence-electron chi connectivity index (χ3n) is 2.28. The summed E-state index contributed by atoms with van der Waals surface area (Å²) in [4.78, 5) is 12.0. The number of carbonyl (C=O) groups is 1. The van der Waals surface area contributed by atoms with Gasteiger partial charge in [0.25, 0.3) is 0 Å². The van der Waals surface area contributed by atoms with E-state index < -0.39 is 6.29 Å². The summed E-state index contributed by atoms with van der Waals surface area (Å²) >= 11 is 9.39. The molecule has 0 unspecified atom stereocenters. The van der Waals surface area contributed by atoms with Crippen LogP contribution in [0.5, 0.6) is 0 Å². The summed E-state index contributed by atoms with van der Waals surface area (Å²) in [5.41, 5.74) is 0.772. The molecule has 0 N–H and O–H groups in total. The van der Waals surface area contributed by atoms with Crippen molar-refractivity contribution >= 4 is 33.3 Å². The van der Waals surface area contributed by atoms with Crippen molar-refractivity contribution in [2.75, 3.05) is 13.2 Å². The van der Waals surface area contributed by atoms with Crippen LogP contribution in [0.3, 0.4) is 0 Å². The molecule has 5 heteroatoms. The zero-order valence-corrected chi connectivity index (χ0v) is 12.8. The van der Waals surface area contributed by atoms with E-state index in [1.165, 1.54) is 0 Å². The fraction of sp³-hybridized carbons (Fsp3) is 0.462. The third-order valence-corrected chi connectivity index (χ3v) is 3.12. The predicted molar refractivity (Wildman–Crippen MR) is 74.9 cm³/mol. The maximum atomic E-state index is 12.0. The summed E-state index contributed by atoms with van der Waals surface area (Å²) in [6, 6.07) is 5.44. The third kappa shape index (κ3) is 4.69. The van der Waals surface area contributed by atoms with E-state index in [2.05, 4.69) is 15.9 Å². The summed E-state index contributed by atoms with van der Waals surface area (Å²) in [6.07, 6.45) is -0.601. The molecular formula is C13H16BrClO3. The molecule has 0 spiro atoms. The smallest absolute Gasteiger partial charge is 0.218 e. The first-order valence-corrected chi connectivity index (χ1v) is 6.95. The SMILES string of the molecule is CCOC(OCC)C(=O)Cc1ccc(Br)cc1Cl. The van der Waals surface area contributed by atoms with E-state index >= 15 is 0 Å². The monoisotopic (exact) mass is 334 g/mol. The Morgan fingerprint density at radius 1 is 1.33 bits per heavy atom. The molecule has 0 fully saturated rings. The molecule has 0 bridgehead atoms. The van der Waals surface area contributed by atoms with Gasteiger partial charge in [-0.25, -0.2) is 0 Å². The molecule has 1 rings (SSSR count). The summed E-state index contributed by atoms with van der Waals surface area (Å²) < 4.78 is 11.4. The molecular weight excluding hydrogens is 319 g/mol. The second kappa shape index (κ2) is 7.89. The molecule has 0 radical (unpaired) electrons. The zero-order valence-electron chi connectivity index (χ0n) is 10.4. The maximum Gasteiger partial charge on any atom is 0.218 e. The predicted octanol–water partition coefficient (Wildman–Crippen LogP) is 3.61. The number of carbonyl (C=O) groups excluding carboxylic acids is 1. The lowest BCUT2D eigenvalue weighted by molar-refractivity contribution is -0.167. The highest BCUT2D eigenvalue weighted by molar-refractivity contribution is 9.10. The van der Waals surface area contributed by atoms with Crippen molar-refractivity contribution in [3.8, 4) is 0 Å². The van der Waals surface area contributed by atoms with Crippen LogP contribution in [0.2, 0.25) is 5.02 Å². The number of ether oxygens (including phenoxy) is 2. The maximum absolute atomic E-state index is 12.0. The Hall–Kier alpha value is -0.420. The molecule has 0 aromatic heterocycles. The van der Waals surface area contributed by atoms with E-state index in [0.717, 1.165) is 10.0 Å². The highest BCUT2D eigenvalue weighted by Gasteiger charge is 2.19. The quantitative estimate of drug-likeness (QED) is 0.714. The van der Waals surface area contributed by atoms with Gasteiger partial charge in [0.05, 0.1) is 0 Å². The van der Waals surface area contributed by atoms with Crippen LogP contribution in [-0.2, 0) is 20.7 Å². The molecule has 0 aliphatic rings. The Balaban J connectivity index is 2.72. The summed E-state index contributed by atoms with van der Waals surface area (Å²) in [5, 5.41) is 0.560. The first-order valence-electron chi connectivity index (χ1n) is 5.78. The van der Waals surface area contributed by atoms with Gasteiger partial charge in [0.15, 0.2) is 5.78 Å². The van der Waals surface area contributed by atoms with Gasteiger partial charge in [-0.2, -0.15) is 0 Å². The van der Waals surface area contributed by atoms with E-state index in [9.17, 15) is 4.79 Å². The van der Waals surface area contributed by atoms with Gasteiger partial charge >= 0.3 is 0 Å². The molecule has 0 aliphatic heterocycles. The van der Waals surface area contributed by atoms with Crippen molar-refractivity contribution in [1.82, 2.24) is 0 Å². The second-order valence-corrected chi connectivity index (χ2v) is 4.94. The highest BCUT2D eigenvalue weighted by Crippen LogP contribution is 2.22. The van der Waals surface area contributed by atoms with Crippen molar-refractivity contribution in [3.63, 3.8) is 0 Å². The first kappa shape index (κ1) is 15.6. The van der Waals surface area contributed by atoms with Gasteiger partial charge < -0.3 is 9.47 Å². The van der Waals surface area contributed by atoms with Crippen LogP contribution in [-0.4, -0.2) is 25.3 Å². The van der Waals surface area contributed by atoms with Gasteiger partial charge in [-0.15, -0.1) is 0 Å². The summed E-state index contributed by atoms with van der Waals surface area (Å²) in [6.45, 7) is 4.52. The molecule has 0 heterocycles. The average molecular weight is 336 g/mol. The summed E-state index contributed by atoms with van der Waals surface area (Å²) in [5.74, 6) is -0.122. The van der Waals surface area contributed by atoms with Gasteiger partial charge in [0, 0.05) is 29.1 Å². The molecule has 0 amide bonds. The molecule has 1 aromatic rings. The van der Waals surface area contributed by atoms with Crippen molar-refractivity contribution in [2.45, 2.75) is 26.6 Å². The fourth-order valence-corrected chi connectivity index (χ4v) is 2.21. The van der Waals surface area contributed by atoms with Crippen LogP contribution in [0.15, 0.2) is 22.7 Å². The van der Waals surface area contributed by atoms with Crippen LogP contribution >= 0.6 is 27.5 Å². The number of halogens is 2. The van der Waals surface area contributed by atoms with E-state index in [1.807, 2.05) is 26.0 Å². The van der Waals surface area contributed by atoms with Gasteiger partial charge in [0.1, 0.15) is 0 Å². The van der Waals surface area contributed by atoms with Crippen LogP contribution in [0.1, 0.15) is 19.4 Å². The minimum atomic E-state index is -0.806. The van der Waals surface area contributed by atoms with E-state index in [1.54, 1.807) is 6.07 Å².